The molecule has 0 bridgehead atoms. The third-order valence-electron chi connectivity index (χ3n) is 4.74. The average Bonchev–Trinajstić information content (AvgIpc) is 2.81. The summed E-state index contributed by atoms with van der Waals surface area (Å²) in [5.41, 5.74) is 7.06. The highest BCUT2D eigenvalue weighted by molar-refractivity contribution is 5.57. The fourth-order valence-corrected chi connectivity index (χ4v) is 3.01. The van der Waals surface area contributed by atoms with Crippen molar-refractivity contribution in [1.29, 1.82) is 10.8 Å². The molecule has 0 aliphatic heterocycles. The Balaban J connectivity index is 1.95. The first kappa shape index (κ1) is 20.4. The van der Waals surface area contributed by atoms with Gasteiger partial charge in [0.15, 0.2) is 9.95 Å². The van der Waals surface area contributed by atoms with E-state index in [0.29, 0.717) is 11.4 Å². The van der Waals surface area contributed by atoms with Gasteiger partial charge in [0.25, 0.3) is 0 Å². The van der Waals surface area contributed by atoms with Crippen LogP contribution in [0.1, 0.15) is 47.2 Å². The normalized spacial score (nSPS) is 9.33. The van der Waals surface area contributed by atoms with Gasteiger partial charge >= 0.3 is 11.4 Å². The van der Waals surface area contributed by atoms with Crippen molar-refractivity contribution in [3.63, 3.8) is 0 Å². The van der Waals surface area contributed by atoms with E-state index in [1.54, 1.807) is 24.3 Å². The van der Waals surface area contributed by atoms with Crippen LogP contribution >= 0.6 is 0 Å². The van der Waals surface area contributed by atoms with E-state index < -0.39 is 0 Å². The monoisotopic (exact) mass is 388 g/mol. The lowest BCUT2D eigenvalue weighted by Crippen LogP contribution is -1.96. The predicted octanol–water partition coefficient (Wildman–Crippen LogP) is 6.58. The first-order valence-corrected chi connectivity index (χ1v) is 9.77. The van der Waals surface area contributed by atoms with Crippen LogP contribution in [-0.4, -0.2) is 0 Å². The molecule has 0 unspecified atom stereocenters. The maximum Gasteiger partial charge on any atom is 0.385 e. The first-order valence-electron chi connectivity index (χ1n) is 9.77. The summed E-state index contributed by atoms with van der Waals surface area (Å²) in [5.74, 6) is 12.9. The van der Waals surface area contributed by atoms with E-state index >= 15 is 0 Å². The second-order valence-electron chi connectivity index (χ2n) is 6.67. The topological polar surface area (TPSA) is 56.3 Å². The Morgan fingerprint density at radius 2 is 0.967 bits per heavy atom. The van der Waals surface area contributed by atoms with Crippen LogP contribution < -0.4 is 0 Å². The fraction of sp³-hybridized carbons (Fsp3) is 0.154. The minimum Gasteiger partial charge on any atom is -0.0616 e. The van der Waals surface area contributed by atoms with Gasteiger partial charge in [0.05, 0.1) is 0 Å². The molecule has 0 aliphatic carbocycles. The quantitative estimate of drug-likeness (QED) is 0.368. The molecule has 0 amide bonds. The maximum absolute atomic E-state index is 8.79. The Hall–Kier alpha value is -4.38. The molecule has 4 nitrogen and oxygen atoms in total. The second kappa shape index (κ2) is 9.71. The summed E-state index contributed by atoms with van der Waals surface area (Å²) in [6.45, 7) is 4.22. The van der Waals surface area contributed by atoms with Crippen LogP contribution in [0.4, 0.5) is 11.4 Å². The molecule has 0 fully saturated rings. The van der Waals surface area contributed by atoms with Gasteiger partial charge in [0.1, 0.15) is 0 Å². The summed E-state index contributed by atoms with van der Waals surface area (Å²) in [5, 5.41) is 17.6. The fourth-order valence-electron chi connectivity index (χ4n) is 3.01. The molecule has 3 aromatic carbocycles. The molecule has 0 saturated carbocycles. The molecule has 0 radical (unpaired) electrons. The van der Waals surface area contributed by atoms with Crippen molar-refractivity contribution in [3.8, 4) is 23.7 Å². The molecule has 142 valence electrons. The van der Waals surface area contributed by atoms with Gasteiger partial charge in [-0.3, -0.25) is 0 Å². The second-order valence-corrected chi connectivity index (χ2v) is 6.67. The summed E-state index contributed by atoms with van der Waals surface area (Å²) in [4.78, 5) is 6.32. The third kappa shape index (κ3) is 4.91. The highest BCUT2D eigenvalue weighted by Crippen LogP contribution is 2.19. The van der Waals surface area contributed by atoms with E-state index in [-0.39, 0.29) is 0 Å². The average molecular weight is 388 g/mol. The Morgan fingerprint density at radius 1 is 0.600 bits per heavy atom. The van der Waals surface area contributed by atoms with Crippen molar-refractivity contribution >= 4 is 11.4 Å². The lowest BCUT2D eigenvalue weighted by atomic mass is 9.95. The van der Waals surface area contributed by atoms with Gasteiger partial charge in [-0.2, -0.15) is 0 Å². The molecule has 0 saturated heterocycles. The molecule has 3 rings (SSSR count). The van der Waals surface area contributed by atoms with Crippen molar-refractivity contribution in [2.24, 2.45) is 0 Å². The lowest BCUT2D eigenvalue weighted by Gasteiger charge is -2.08. The van der Waals surface area contributed by atoms with Crippen molar-refractivity contribution < 1.29 is 0 Å². The van der Waals surface area contributed by atoms with Crippen molar-refractivity contribution in [3.05, 3.63) is 104 Å². The molecule has 0 aromatic heterocycles. The zero-order valence-corrected chi connectivity index (χ0v) is 17.0. The van der Waals surface area contributed by atoms with Crippen molar-refractivity contribution in [1.82, 2.24) is 0 Å². The van der Waals surface area contributed by atoms with E-state index in [0.717, 1.165) is 46.2 Å². The van der Waals surface area contributed by atoms with E-state index in [1.165, 1.54) is 0 Å². The largest absolute Gasteiger partial charge is 0.385 e. The van der Waals surface area contributed by atoms with Crippen LogP contribution in [0.2, 0.25) is 0 Å². The Bertz CT molecular complexity index is 1160. The van der Waals surface area contributed by atoms with Crippen LogP contribution in [0.3, 0.4) is 0 Å². The van der Waals surface area contributed by atoms with Gasteiger partial charge in [-0.15, -0.1) is 0 Å². The van der Waals surface area contributed by atoms with Gasteiger partial charge in [-0.25, -0.2) is 0 Å². The van der Waals surface area contributed by atoms with E-state index in [9.17, 15) is 0 Å². The smallest absolute Gasteiger partial charge is 0.0616 e. The number of benzene rings is 3. The number of rotatable bonds is 2. The van der Waals surface area contributed by atoms with E-state index in [1.807, 2.05) is 24.3 Å². The van der Waals surface area contributed by atoms with Gasteiger partial charge < -0.3 is 0 Å². The summed E-state index contributed by atoms with van der Waals surface area (Å²) in [6.07, 6.45) is 1.72. The zero-order valence-electron chi connectivity index (χ0n) is 17.0. The predicted molar refractivity (Wildman–Crippen MR) is 120 cm³/mol. The molecular formula is C26H20N4+2. The van der Waals surface area contributed by atoms with Crippen LogP contribution in [-0.2, 0) is 12.8 Å². The molecular weight excluding hydrogens is 368 g/mol. The van der Waals surface area contributed by atoms with Crippen molar-refractivity contribution in [2.75, 3.05) is 0 Å². The standard InChI is InChI=1S/C26H20N4/c1-3-21-17-24(12-6-20-9-15-26(30-28)16-10-20)22(4-2)18-23(21)11-5-19-7-13-25(29-27)14-8-19/h7-10,13-18H,3-4H2,1-2H3/q+2. The Labute approximate surface area is 176 Å². The third-order valence-corrected chi connectivity index (χ3v) is 4.74. The minimum atomic E-state index is 0.506. The minimum absolute atomic E-state index is 0.506. The highest BCUT2D eigenvalue weighted by Gasteiger charge is 2.07. The molecule has 0 spiro atoms. The lowest BCUT2D eigenvalue weighted by molar-refractivity contribution is 1.08. The number of aryl methyl sites for hydroxylation is 2. The van der Waals surface area contributed by atoms with Crippen LogP contribution in [0.25, 0.3) is 9.95 Å². The van der Waals surface area contributed by atoms with Crippen molar-refractivity contribution in [2.45, 2.75) is 26.7 Å². The number of hydrogen-bond acceptors (Lipinski definition) is 2. The Kier molecular flexibility index (Phi) is 6.59. The number of diazo groups is 2. The molecule has 3 aromatic rings. The molecule has 30 heavy (non-hydrogen) atoms. The Morgan fingerprint density at radius 3 is 1.27 bits per heavy atom. The first-order chi connectivity index (χ1) is 14.7. The van der Waals surface area contributed by atoms with Gasteiger partial charge in [0, 0.05) is 46.5 Å². The van der Waals surface area contributed by atoms with Crippen LogP contribution in [0.15, 0.2) is 60.7 Å². The maximum atomic E-state index is 8.79. The van der Waals surface area contributed by atoms with E-state index in [2.05, 4.69) is 59.6 Å². The van der Waals surface area contributed by atoms with Crippen LogP contribution in [0, 0.1) is 34.5 Å². The van der Waals surface area contributed by atoms with E-state index in [4.69, 9.17) is 10.8 Å². The summed E-state index contributed by atoms with van der Waals surface area (Å²) >= 11 is 0. The number of nitrogens with zero attached hydrogens (tertiary/aromatic N) is 4. The number of hydrogen-bond donors (Lipinski definition) is 0. The SMILES string of the molecule is CCc1cc(C#Cc2ccc([N+]#N)cc2)c(CC)cc1C#Cc1ccc([N+]#N)cc1. The van der Waals surface area contributed by atoms with Gasteiger partial charge in [-0.1, -0.05) is 37.5 Å². The zero-order chi connectivity index (χ0) is 21.3. The summed E-state index contributed by atoms with van der Waals surface area (Å²) in [7, 11) is 0. The highest BCUT2D eigenvalue weighted by atomic mass is 14.8. The molecule has 0 N–H and O–H groups in total. The molecule has 0 aliphatic rings. The van der Waals surface area contributed by atoms with Gasteiger partial charge in [0.2, 0.25) is 10.8 Å². The van der Waals surface area contributed by atoms with Gasteiger partial charge in [-0.05, 0) is 60.4 Å². The molecule has 4 heteroatoms. The molecule has 0 heterocycles. The summed E-state index contributed by atoms with van der Waals surface area (Å²) in [6, 6.07) is 18.5. The summed E-state index contributed by atoms with van der Waals surface area (Å²) < 4.78 is 0. The molecule has 0 atom stereocenters. The van der Waals surface area contributed by atoms with Crippen LogP contribution in [0.5, 0.6) is 0 Å².